The summed E-state index contributed by atoms with van der Waals surface area (Å²) in [6.45, 7) is 0. The van der Waals surface area contributed by atoms with Crippen LogP contribution in [-0.2, 0) is 9.59 Å². The van der Waals surface area contributed by atoms with E-state index < -0.39 is 36.0 Å². The van der Waals surface area contributed by atoms with Gasteiger partial charge >= 0.3 is 6.18 Å². The molecule has 1 aliphatic rings. The minimum absolute atomic E-state index is 0.201. The van der Waals surface area contributed by atoms with E-state index in [2.05, 4.69) is 10.6 Å². The molecule has 4 rings (SSSR count). The van der Waals surface area contributed by atoms with E-state index in [0.29, 0.717) is 16.8 Å². The van der Waals surface area contributed by atoms with Crippen LogP contribution in [0.2, 0.25) is 0 Å². The van der Waals surface area contributed by atoms with Crippen molar-refractivity contribution in [3.05, 3.63) is 102 Å². The van der Waals surface area contributed by atoms with Crippen molar-refractivity contribution in [1.82, 2.24) is 10.6 Å². The Bertz CT molecular complexity index is 1220. The van der Waals surface area contributed by atoms with E-state index in [-0.39, 0.29) is 18.7 Å². The molecular weight excluding hydrogens is 471 g/mol. The summed E-state index contributed by atoms with van der Waals surface area (Å²) in [4.78, 5) is 37.7. The normalized spacial score (nSPS) is 18.6. The summed E-state index contributed by atoms with van der Waals surface area (Å²) in [5.41, 5.74) is 2.47. The van der Waals surface area contributed by atoms with Gasteiger partial charge in [0.15, 0.2) is 0 Å². The summed E-state index contributed by atoms with van der Waals surface area (Å²) in [6.07, 6.45) is -5.12. The molecule has 0 aliphatic carbocycles. The predicted molar refractivity (Wildman–Crippen MR) is 128 cm³/mol. The van der Waals surface area contributed by atoms with Crippen molar-refractivity contribution >= 4 is 23.4 Å². The van der Waals surface area contributed by atoms with E-state index in [1.165, 1.54) is 0 Å². The van der Waals surface area contributed by atoms with E-state index in [1.807, 2.05) is 17.4 Å². The second kappa shape index (κ2) is 10.6. The topological polar surface area (TPSA) is 87.3 Å². The average molecular weight is 496 g/mol. The first-order chi connectivity index (χ1) is 17.2. The van der Waals surface area contributed by atoms with Gasteiger partial charge < -0.3 is 16.0 Å². The van der Waals surface area contributed by atoms with Crippen LogP contribution in [0.15, 0.2) is 84.9 Å². The third kappa shape index (κ3) is 5.91. The first kappa shape index (κ1) is 25.0. The number of nitrogens with one attached hydrogen (secondary N) is 3. The largest absolute Gasteiger partial charge is 0.408 e. The molecule has 186 valence electrons. The van der Waals surface area contributed by atoms with Crippen LogP contribution in [0.4, 0.5) is 18.9 Å². The number of alkyl halides is 3. The van der Waals surface area contributed by atoms with Crippen LogP contribution >= 0.6 is 0 Å². The highest BCUT2D eigenvalue weighted by Gasteiger charge is 2.46. The third-order valence-electron chi connectivity index (χ3n) is 6.05. The lowest BCUT2D eigenvalue weighted by Gasteiger charge is -2.31. The Morgan fingerprint density at radius 2 is 1.42 bits per heavy atom. The summed E-state index contributed by atoms with van der Waals surface area (Å²) in [5.74, 6) is -3.08. The summed E-state index contributed by atoms with van der Waals surface area (Å²) >= 11 is 0. The summed E-state index contributed by atoms with van der Waals surface area (Å²) in [7, 11) is 0. The Labute approximate surface area is 205 Å². The van der Waals surface area contributed by atoms with Crippen LogP contribution in [-0.4, -0.2) is 29.9 Å². The second-order valence-electron chi connectivity index (χ2n) is 8.53. The van der Waals surface area contributed by atoms with Gasteiger partial charge in [-0.3, -0.25) is 14.4 Å². The lowest BCUT2D eigenvalue weighted by molar-refractivity contribution is -0.171. The van der Waals surface area contributed by atoms with Gasteiger partial charge in [0.05, 0.1) is 6.04 Å². The second-order valence-corrected chi connectivity index (χ2v) is 8.53. The van der Waals surface area contributed by atoms with Crippen molar-refractivity contribution in [3.8, 4) is 0 Å². The number of piperidine rings is 1. The van der Waals surface area contributed by atoms with Gasteiger partial charge in [-0.25, -0.2) is 0 Å². The number of benzene rings is 3. The highest BCUT2D eigenvalue weighted by Crippen LogP contribution is 2.30. The summed E-state index contributed by atoms with van der Waals surface area (Å²) in [6, 6.07) is 22.0. The number of carbonyl (C=O) groups excluding carboxylic acids is 3. The van der Waals surface area contributed by atoms with Gasteiger partial charge in [-0.2, -0.15) is 13.2 Å². The third-order valence-corrected chi connectivity index (χ3v) is 6.05. The van der Waals surface area contributed by atoms with Gasteiger partial charge in [0.1, 0.15) is 12.0 Å². The lowest BCUT2D eigenvalue weighted by atomic mass is 9.91. The highest BCUT2D eigenvalue weighted by atomic mass is 19.4. The molecular formula is C27H24F3N3O3. The number of anilines is 1. The monoisotopic (exact) mass is 495 g/mol. The summed E-state index contributed by atoms with van der Waals surface area (Å²) in [5, 5.41) is 7.54. The van der Waals surface area contributed by atoms with Gasteiger partial charge in [-0.15, -0.1) is 0 Å². The van der Waals surface area contributed by atoms with E-state index in [0.717, 1.165) is 5.56 Å². The minimum Gasteiger partial charge on any atom is -0.344 e. The van der Waals surface area contributed by atoms with Crippen molar-refractivity contribution in [2.75, 3.05) is 5.32 Å². The number of hydrogen-bond donors (Lipinski definition) is 3. The Balaban J connectivity index is 1.50. The van der Waals surface area contributed by atoms with Crippen molar-refractivity contribution in [2.24, 2.45) is 5.92 Å². The Kier molecular flexibility index (Phi) is 7.38. The molecule has 0 spiro atoms. The Morgan fingerprint density at radius 3 is 2.00 bits per heavy atom. The molecule has 1 fully saturated rings. The fourth-order valence-electron chi connectivity index (χ4n) is 4.10. The molecule has 1 saturated heterocycles. The molecule has 36 heavy (non-hydrogen) atoms. The van der Waals surface area contributed by atoms with E-state index in [9.17, 15) is 27.6 Å². The first-order valence-corrected chi connectivity index (χ1v) is 11.4. The molecule has 9 heteroatoms. The number of amides is 3. The standard InChI is InChI=1S/C27H24F3N3O3/c28-27(29,30)22-16-15-21(25(35)32-22)26(36)33-23(17-7-3-1-4-8-17)18-11-13-20(14-12-18)31-24(34)19-9-5-2-6-10-19/h1-14,21-23H,15-16H2,(H,31,34)(H,32,35)(H,33,36). The molecule has 3 N–H and O–H groups in total. The number of carbonyl (C=O) groups is 3. The predicted octanol–water partition coefficient (Wildman–Crippen LogP) is 4.60. The molecule has 0 aromatic heterocycles. The fraction of sp³-hybridized carbons (Fsp3) is 0.222. The average Bonchev–Trinajstić information content (AvgIpc) is 2.88. The highest BCUT2D eigenvalue weighted by molar-refractivity contribution is 6.04. The van der Waals surface area contributed by atoms with Crippen LogP contribution in [0.5, 0.6) is 0 Å². The van der Waals surface area contributed by atoms with Crippen molar-refractivity contribution in [1.29, 1.82) is 0 Å². The number of rotatable bonds is 6. The van der Waals surface area contributed by atoms with Gasteiger partial charge in [-0.05, 0) is 48.2 Å². The molecule has 0 saturated carbocycles. The minimum atomic E-state index is -4.55. The molecule has 3 aromatic rings. The molecule has 3 aromatic carbocycles. The fourth-order valence-corrected chi connectivity index (χ4v) is 4.10. The first-order valence-electron chi connectivity index (χ1n) is 11.4. The molecule has 6 nitrogen and oxygen atoms in total. The van der Waals surface area contributed by atoms with Gasteiger partial charge in [-0.1, -0.05) is 60.7 Å². The number of hydrogen-bond acceptors (Lipinski definition) is 3. The molecule has 1 aliphatic heterocycles. The maximum absolute atomic E-state index is 13.0. The molecule has 0 bridgehead atoms. The molecule has 1 heterocycles. The Hall–Kier alpha value is -4.14. The Morgan fingerprint density at radius 1 is 0.833 bits per heavy atom. The lowest BCUT2D eigenvalue weighted by Crippen LogP contribution is -2.54. The SMILES string of the molecule is O=C(Nc1ccc(C(NC(=O)C2CCC(C(F)(F)F)NC2=O)c2ccccc2)cc1)c1ccccc1. The van der Waals surface area contributed by atoms with Gasteiger partial charge in [0.25, 0.3) is 5.91 Å². The van der Waals surface area contributed by atoms with Crippen LogP contribution < -0.4 is 16.0 Å². The molecule has 0 radical (unpaired) electrons. The molecule has 3 unspecified atom stereocenters. The smallest absolute Gasteiger partial charge is 0.344 e. The molecule has 3 amide bonds. The van der Waals surface area contributed by atoms with E-state index in [4.69, 9.17) is 0 Å². The van der Waals surface area contributed by atoms with Crippen LogP contribution in [0.3, 0.4) is 0 Å². The maximum atomic E-state index is 13.0. The zero-order valence-electron chi connectivity index (χ0n) is 19.1. The quantitative estimate of drug-likeness (QED) is 0.437. The van der Waals surface area contributed by atoms with Crippen molar-refractivity contribution in [2.45, 2.75) is 31.1 Å². The zero-order valence-corrected chi connectivity index (χ0v) is 19.1. The van der Waals surface area contributed by atoms with Crippen molar-refractivity contribution in [3.63, 3.8) is 0 Å². The van der Waals surface area contributed by atoms with E-state index in [1.54, 1.807) is 72.8 Å². The zero-order chi connectivity index (χ0) is 25.7. The van der Waals surface area contributed by atoms with Crippen molar-refractivity contribution < 1.29 is 27.6 Å². The van der Waals surface area contributed by atoms with Crippen LogP contribution in [0.25, 0.3) is 0 Å². The summed E-state index contributed by atoms with van der Waals surface area (Å²) < 4.78 is 38.9. The molecule has 3 atom stereocenters. The van der Waals surface area contributed by atoms with Gasteiger partial charge in [0, 0.05) is 11.3 Å². The van der Waals surface area contributed by atoms with Crippen LogP contribution in [0, 0.1) is 5.92 Å². The van der Waals surface area contributed by atoms with Crippen LogP contribution in [0.1, 0.15) is 40.4 Å². The maximum Gasteiger partial charge on any atom is 0.408 e. The number of halogens is 3. The van der Waals surface area contributed by atoms with Gasteiger partial charge in [0.2, 0.25) is 11.8 Å². The van der Waals surface area contributed by atoms with E-state index >= 15 is 0 Å².